The van der Waals surface area contributed by atoms with Crippen LogP contribution in [-0.2, 0) is 17.9 Å². The summed E-state index contributed by atoms with van der Waals surface area (Å²) in [5.41, 5.74) is 0.0322. The summed E-state index contributed by atoms with van der Waals surface area (Å²) >= 11 is 0. The third-order valence-corrected chi connectivity index (χ3v) is 3.99. The Kier molecular flexibility index (Phi) is 6.37. The van der Waals surface area contributed by atoms with Crippen molar-refractivity contribution in [2.45, 2.75) is 33.9 Å². The number of nitrogens with one attached hydrogen (secondary N) is 1. The minimum absolute atomic E-state index is 0.0363. The van der Waals surface area contributed by atoms with Crippen molar-refractivity contribution >= 4 is 11.8 Å². The highest BCUT2D eigenvalue weighted by Gasteiger charge is 2.17. The third kappa shape index (κ3) is 4.41. The number of rotatable bonds is 7. The molecule has 2 amide bonds. The van der Waals surface area contributed by atoms with Crippen molar-refractivity contribution in [2.75, 3.05) is 13.1 Å². The van der Waals surface area contributed by atoms with E-state index < -0.39 is 17.5 Å². The Hall–Kier alpha value is -2.84. The van der Waals surface area contributed by atoms with E-state index in [1.165, 1.54) is 23.9 Å². The Labute approximate surface area is 150 Å². The zero-order chi connectivity index (χ0) is 19.3. The Balaban J connectivity index is 2.00. The fraction of sp³-hybridized carbons (Fsp3) is 0.412. The van der Waals surface area contributed by atoms with Gasteiger partial charge in [-0.1, -0.05) is 11.3 Å². The van der Waals surface area contributed by atoms with E-state index >= 15 is 0 Å². The molecule has 0 bridgehead atoms. The quantitative estimate of drug-likeness (QED) is 0.809. The summed E-state index contributed by atoms with van der Waals surface area (Å²) in [6, 6.07) is 2.48. The maximum atomic E-state index is 13.9. The molecular weight excluding hydrogens is 344 g/mol. The average Bonchev–Trinajstić information content (AvgIpc) is 3.07. The van der Waals surface area contributed by atoms with Crippen molar-refractivity contribution in [3.8, 4) is 0 Å². The molecule has 0 spiro atoms. The zero-order valence-electron chi connectivity index (χ0n) is 14.9. The topological polar surface area (TPSA) is 80.1 Å². The fourth-order valence-corrected chi connectivity index (χ4v) is 2.43. The van der Waals surface area contributed by atoms with Gasteiger partial charge in [-0.15, -0.1) is 5.10 Å². The molecule has 1 aromatic heterocycles. The number of carbonyl (C=O) groups is 2. The van der Waals surface area contributed by atoms with Crippen LogP contribution in [0.3, 0.4) is 0 Å². The van der Waals surface area contributed by atoms with Gasteiger partial charge in [-0.3, -0.25) is 9.59 Å². The molecule has 0 unspecified atom stereocenters. The lowest BCUT2D eigenvalue weighted by Gasteiger charge is -2.17. The standard InChI is InChI=1S/C17H21F2N5O2/c1-4-23(5-2)15(25)10-24-9-14(21-22-24)17(26)20-8-12-13(18)7-6-11(3)16(12)19/h6-7,9H,4-5,8,10H2,1-3H3,(H,20,26). The highest BCUT2D eigenvalue weighted by atomic mass is 19.1. The normalized spacial score (nSPS) is 10.7. The monoisotopic (exact) mass is 365 g/mol. The second-order valence-electron chi connectivity index (χ2n) is 5.71. The fourth-order valence-electron chi connectivity index (χ4n) is 2.43. The van der Waals surface area contributed by atoms with Crippen molar-refractivity contribution in [1.82, 2.24) is 25.2 Å². The number of nitrogens with zero attached hydrogens (tertiary/aromatic N) is 4. The summed E-state index contributed by atoms with van der Waals surface area (Å²) in [5, 5.41) is 9.85. The van der Waals surface area contributed by atoms with Gasteiger partial charge in [-0.25, -0.2) is 13.5 Å². The van der Waals surface area contributed by atoms with Crippen molar-refractivity contribution in [2.24, 2.45) is 0 Å². The van der Waals surface area contributed by atoms with Crippen LogP contribution in [-0.4, -0.2) is 44.8 Å². The van der Waals surface area contributed by atoms with Crippen LogP contribution in [0.1, 0.15) is 35.5 Å². The summed E-state index contributed by atoms with van der Waals surface area (Å²) in [7, 11) is 0. The first-order chi connectivity index (χ1) is 12.4. The van der Waals surface area contributed by atoms with Gasteiger partial charge in [0.15, 0.2) is 5.69 Å². The minimum atomic E-state index is -0.734. The largest absolute Gasteiger partial charge is 0.346 e. The summed E-state index contributed by atoms with van der Waals surface area (Å²) in [5.74, 6) is -2.21. The number of hydrogen-bond donors (Lipinski definition) is 1. The molecule has 1 aromatic carbocycles. The first-order valence-corrected chi connectivity index (χ1v) is 8.26. The van der Waals surface area contributed by atoms with Gasteiger partial charge in [0.2, 0.25) is 5.91 Å². The molecule has 1 N–H and O–H groups in total. The van der Waals surface area contributed by atoms with E-state index in [2.05, 4.69) is 15.6 Å². The van der Waals surface area contributed by atoms with Gasteiger partial charge in [-0.2, -0.15) is 0 Å². The molecule has 26 heavy (non-hydrogen) atoms. The van der Waals surface area contributed by atoms with Crippen LogP contribution in [0.25, 0.3) is 0 Å². The van der Waals surface area contributed by atoms with Gasteiger partial charge < -0.3 is 10.2 Å². The molecule has 2 aromatic rings. The Morgan fingerprint density at radius 1 is 1.23 bits per heavy atom. The molecular formula is C17H21F2N5O2. The van der Waals surface area contributed by atoms with Crippen molar-refractivity contribution in [1.29, 1.82) is 0 Å². The Bertz CT molecular complexity index is 802. The van der Waals surface area contributed by atoms with Crippen LogP contribution >= 0.6 is 0 Å². The lowest BCUT2D eigenvalue weighted by atomic mass is 10.1. The molecule has 9 heteroatoms. The van der Waals surface area contributed by atoms with Gasteiger partial charge in [0, 0.05) is 25.2 Å². The number of likely N-dealkylation sites (N-methyl/N-ethyl adjacent to an activating group) is 1. The number of amides is 2. The van der Waals surface area contributed by atoms with E-state index in [0.717, 1.165) is 6.07 Å². The van der Waals surface area contributed by atoms with Crippen molar-refractivity contribution in [3.63, 3.8) is 0 Å². The zero-order valence-corrected chi connectivity index (χ0v) is 14.9. The summed E-state index contributed by atoms with van der Waals surface area (Å²) in [4.78, 5) is 25.8. The predicted octanol–water partition coefficient (Wildman–Crippen LogP) is 1.66. The van der Waals surface area contributed by atoms with Gasteiger partial charge in [0.1, 0.15) is 18.2 Å². The van der Waals surface area contributed by atoms with Crippen LogP contribution in [0.4, 0.5) is 8.78 Å². The first-order valence-electron chi connectivity index (χ1n) is 8.26. The van der Waals surface area contributed by atoms with E-state index in [1.54, 1.807) is 4.90 Å². The molecule has 0 aliphatic rings. The summed E-state index contributed by atoms with van der Waals surface area (Å²) in [6.07, 6.45) is 1.32. The van der Waals surface area contributed by atoms with Crippen LogP contribution < -0.4 is 5.32 Å². The van der Waals surface area contributed by atoms with E-state index in [-0.39, 0.29) is 35.8 Å². The number of carbonyl (C=O) groups excluding carboxylic acids is 2. The SMILES string of the molecule is CCN(CC)C(=O)Cn1cc(C(=O)NCc2c(F)ccc(C)c2F)nn1. The van der Waals surface area contributed by atoms with E-state index in [1.807, 2.05) is 13.8 Å². The third-order valence-electron chi connectivity index (χ3n) is 3.99. The first kappa shape index (κ1) is 19.5. The predicted molar refractivity (Wildman–Crippen MR) is 90.2 cm³/mol. The van der Waals surface area contributed by atoms with Crippen LogP contribution in [0.2, 0.25) is 0 Å². The van der Waals surface area contributed by atoms with Crippen LogP contribution in [0.15, 0.2) is 18.3 Å². The number of aryl methyl sites for hydroxylation is 1. The van der Waals surface area contributed by atoms with Crippen molar-refractivity contribution in [3.05, 3.63) is 46.8 Å². The van der Waals surface area contributed by atoms with Gasteiger partial charge >= 0.3 is 0 Å². The lowest BCUT2D eigenvalue weighted by molar-refractivity contribution is -0.131. The molecule has 0 fully saturated rings. The van der Waals surface area contributed by atoms with Gasteiger partial charge in [-0.05, 0) is 32.4 Å². The van der Waals surface area contributed by atoms with Gasteiger partial charge in [0.05, 0.1) is 6.20 Å². The molecule has 0 saturated carbocycles. The maximum absolute atomic E-state index is 13.9. The Morgan fingerprint density at radius 3 is 2.58 bits per heavy atom. The molecule has 0 atom stereocenters. The highest BCUT2D eigenvalue weighted by Crippen LogP contribution is 2.16. The molecule has 140 valence electrons. The number of hydrogen-bond acceptors (Lipinski definition) is 4. The molecule has 0 saturated heterocycles. The van der Waals surface area contributed by atoms with Crippen LogP contribution in [0.5, 0.6) is 0 Å². The number of halogens is 2. The summed E-state index contributed by atoms with van der Waals surface area (Å²) < 4.78 is 28.9. The second kappa shape index (κ2) is 8.50. The number of benzene rings is 1. The molecule has 0 radical (unpaired) electrons. The lowest BCUT2D eigenvalue weighted by Crippen LogP contribution is -2.33. The van der Waals surface area contributed by atoms with Crippen molar-refractivity contribution < 1.29 is 18.4 Å². The molecule has 1 heterocycles. The molecule has 7 nitrogen and oxygen atoms in total. The van der Waals surface area contributed by atoms with E-state index in [9.17, 15) is 18.4 Å². The molecule has 2 rings (SSSR count). The molecule has 0 aliphatic heterocycles. The van der Waals surface area contributed by atoms with Gasteiger partial charge in [0.25, 0.3) is 5.91 Å². The minimum Gasteiger partial charge on any atom is -0.346 e. The summed E-state index contributed by atoms with van der Waals surface area (Å²) in [6.45, 7) is 6.04. The smallest absolute Gasteiger partial charge is 0.273 e. The second-order valence-corrected chi connectivity index (χ2v) is 5.71. The maximum Gasteiger partial charge on any atom is 0.273 e. The average molecular weight is 365 g/mol. The van der Waals surface area contributed by atoms with Crippen LogP contribution in [0, 0.1) is 18.6 Å². The molecule has 0 aliphatic carbocycles. The highest BCUT2D eigenvalue weighted by molar-refractivity contribution is 5.91. The van der Waals surface area contributed by atoms with E-state index in [0.29, 0.717) is 13.1 Å². The number of aromatic nitrogens is 3. The Morgan fingerprint density at radius 2 is 1.92 bits per heavy atom. The van der Waals surface area contributed by atoms with E-state index in [4.69, 9.17) is 0 Å².